The fraction of sp³-hybridized carbons (Fsp3) is 0.0714. The van der Waals surface area contributed by atoms with Crippen molar-refractivity contribution in [1.29, 1.82) is 0 Å². The van der Waals surface area contributed by atoms with Gasteiger partial charge in [0.25, 0.3) is 0 Å². The molecule has 4 aromatic carbocycles. The second-order valence-corrected chi connectivity index (χ2v) is 7.56. The maximum Gasteiger partial charge on any atom is 0.343 e. The van der Waals surface area contributed by atoms with Crippen LogP contribution in [0.3, 0.4) is 0 Å². The summed E-state index contributed by atoms with van der Waals surface area (Å²) in [6.07, 6.45) is 1.35. The van der Waals surface area contributed by atoms with E-state index in [0.717, 1.165) is 10.8 Å². The minimum absolute atomic E-state index is 0.263. The van der Waals surface area contributed by atoms with Gasteiger partial charge in [-0.2, -0.15) is 5.10 Å². The van der Waals surface area contributed by atoms with Crippen molar-refractivity contribution in [3.63, 3.8) is 0 Å². The van der Waals surface area contributed by atoms with Gasteiger partial charge in [-0.3, -0.25) is 9.59 Å². The Bertz CT molecular complexity index is 1420. The number of nitrogens with one attached hydrogen (secondary N) is 2. The van der Waals surface area contributed by atoms with Gasteiger partial charge in [0.05, 0.1) is 18.4 Å². The molecule has 4 aromatic rings. The van der Waals surface area contributed by atoms with Crippen molar-refractivity contribution in [2.24, 2.45) is 5.10 Å². The molecule has 36 heavy (non-hydrogen) atoms. The maximum absolute atomic E-state index is 12.6. The lowest BCUT2D eigenvalue weighted by Gasteiger charge is -2.10. The van der Waals surface area contributed by atoms with Crippen LogP contribution < -0.4 is 20.2 Å². The van der Waals surface area contributed by atoms with Crippen LogP contribution in [0, 0.1) is 0 Å². The summed E-state index contributed by atoms with van der Waals surface area (Å²) in [6.45, 7) is 2.39. The van der Waals surface area contributed by atoms with E-state index >= 15 is 0 Å². The normalized spacial score (nSPS) is 10.7. The third kappa shape index (κ3) is 5.92. The van der Waals surface area contributed by atoms with E-state index in [1.807, 2.05) is 37.3 Å². The highest BCUT2D eigenvalue weighted by Gasteiger charge is 2.15. The number of hydrogen-bond acceptors (Lipinski definition) is 6. The SMILES string of the molecule is CCOc1ccc(NC(=O)C(=O)NN=Cc2c(OC(=O)c3ccccc3)ccc3ccccc23)cc1. The van der Waals surface area contributed by atoms with Crippen LogP contribution in [0.15, 0.2) is 96.1 Å². The molecule has 0 saturated carbocycles. The smallest absolute Gasteiger partial charge is 0.343 e. The lowest BCUT2D eigenvalue weighted by Crippen LogP contribution is -2.32. The molecule has 180 valence electrons. The van der Waals surface area contributed by atoms with Crippen molar-refractivity contribution in [3.05, 3.63) is 102 Å². The Labute approximate surface area is 207 Å². The predicted octanol–water partition coefficient (Wildman–Crippen LogP) is 4.55. The fourth-order valence-corrected chi connectivity index (χ4v) is 3.43. The number of anilines is 1. The summed E-state index contributed by atoms with van der Waals surface area (Å²) in [5.74, 6) is -1.45. The van der Waals surface area contributed by atoms with E-state index in [-0.39, 0.29) is 5.75 Å². The minimum atomic E-state index is -0.955. The lowest BCUT2D eigenvalue weighted by atomic mass is 10.0. The lowest BCUT2D eigenvalue weighted by molar-refractivity contribution is -0.136. The van der Waals surface area contributed by atoms with Crippen molar-refractivity contribution in [2.75, 3.05) is 11.9 Å². The molecule has 0 unspecified atom stereocenters. The largest absolute Gasteiger partial charge is 0.494 e. The van der Waals surface area contributed by atoms with Crippen molar-refractivity contribution < 1.29 is 23.9 Å². The standard InChI is InChI=1S/C28H23N3O5/c1-2-35-22-15-13-21(14-16-22)30-26(32)27(33)31-29-18-24-23-11-7-6-8-19(23)12-17-25(24)36-28(34)20-9-4-3-5-10-20/h3-18H,2H2,1H3,(H,30,32)(H,31,33). The molecule has 0 spiro atoms. The number of nitrogens with zero attached hydrogens (tertiary/aromatic N) is 1. The van der Waals surface area contributed by atoms with Crippen LogP contribution in [0.5, 0.6) is 11.5 Å². The van der Waals surface area contributed by atoms with E-state index < -0.39 is 17.8 Å². The highest BCUT2D eigenvalue weighted by atomic mass is 16.5. The van der Waals surface area contributed by atoms with Gasteiger partial charge in [-0.25, -0.2) is 10.2 Å². The number of fused-ring (bicyclic) bond motifs is 1. The zero-order valence-corrected chi connectivity index (χ0v) is 19.4. The summed E-state index contributed by atoms with van der Waals surface area (Å²) in [6, 6.07) is 26.2. The van der Waals surface area contributed by atoms with Crippen molar-refractivity contribution in [3.8, 4) is 11.5 Å². The first-order valence-corrected chi connectivity index (χ1v) is 11.2. The van der Waals surface area contributed by atoms with Crippen molar-refractivity contribution >= 4 is 40.5 Å². The first-order valence-electron chi connectivity index (χ1n) is 11.2. The summed E-state index contributed by atoms with van der Waals surface area (Å²) in [7, 11) is 0. The summed E-state index contributed by atoms with van der Waals surface area (Å²) in [5, 5.41) is 8.08. The molecule has 2 N–H and O–H groups in total. The van der Waals surface area contributed by atoms with Gasteiger partial charge in [-0.05, 0) is 60.2 Å². The Balaban J connectivity index is 1.49. The van der Waals surface area contributed by atoms with E-state index in [2.05, 4.69) is 15.8 Å². The molecule has 0 atom stereocenters. The monoisotopic (exact) mass is 481 g/mol. The third-order valence-corrected chi connectivity index (χ3v) is 5.13. The molecule has 0 radical (unpaired) electrons. The number of amides is 2. The van der Waals surface area contributed by atoms with Crippen LogP contribution in [-0.4, -0.2) is 30.6 Å². The fourth-order valence-electron chi connectivity index (χ4n) is 3.43. The van der Waals surface area contributed by atoms with Crippen LogP contribution in [0.25, 0.3) is 10.8 Å². The quantitative estimate of drug-likeness (QED) is 0.132. The first-order chi connectivity index (χ1) is 17.5. The highest BCUT2D eigenvalue weighted by Crippen LogP contribution is 2.27. The van der Waals surface area contributed by atoms with Crippen molar-refractivity contribution in [2.45, 2.75) is 6.92 Å². The average Bonchev–Trinajstić information content (AvgIpc) is 2.91. The summed E-state index contributed by atoms with van der Waals surface area (Å²) in [5.41, 5.74) is 3.52. The maximum atomic E-state index is 12.6. The second-order valence-electron chi connectivity index (χ2n) is 7.56. The molecule has 0 heterocycles. The zero-order chi connectivity index (χ0) is 25.3. The van der Waals surface area contributed by atoms with E-state index in [1.165, 1.54) is 6.21 Å². The molecule has 2 amide bonds. The first kappa shape index (κ1) is 24.2. The molecular formula is C28H23N3O5. The molecule has 0 fully saturated rings. The predicted molar refractivity (Wildman–Crippen MR) is 137 cm³/mol. The number of rotatable bonds is 7. The van der Waals surface area contributed by atoms with Gasteiger partial charge >= 0.3 is 17.8 Å². The second kappa shape index (κ2) is 11.4. The van der Waals surface area contributed by atoms with E-state index in [1.54, 1.807) is 60.7 Å². The Hall–Kier alpha value is -4.98. The summed E-state index contributed by atoms with van der Waals surface area (Å²) in [4.78, 5) is 37.1. The van der Waals surface area contributed by atoms with Gasteiger partial charge in [-0.1, -0.05) is 48.5 Å². The Morgan fingerprint density at radius 2 is 1.56 bits per heavy atom. The number of ether oxygens (including phenoxy) is 2. The number of benzene rings is 4. The van der Waals surface area contributed by atoms with Crippen LogP contribution >= 0.6 is 0 Å². The number of hydrogen-bond donors (Lipinski definition) is 2. The molecule has 0 aliphatic carbocycles. The van der Waals surface area contributed by atoms with Gasteiger partial charge < -0.3 is 14.8 Å². The topological polar surface area (TPSA) is 106 Å². The van der Waals surface area contributed by atoms with Crippen LogP contribution in [0.2, 0.25) is 0 Å². The molecule has 4 rings (SSSR count). The molecule has 0 saturated heterocycles. The molecule has 0 aliphatic heterocycles. The zero-order valence-electron chi connectivity index (χ0n) is 19.4. The van der Waals surface area contributed by atoms with E-state index in [9.17, 15) is 14.4 Å². The molecule has 0 aliphatic rings. The van der Waals surface area contributed by atoms with Gasteiger partial charge in [0, 0.05) is 11.3 Å². The van der Waals surface area contributed by atoms with Crippen LogP contribution in [-0.2, 0) is 9.59 Å². The number of esters is 1. The van der Waals surface area contributed by atoms with Gasteiger partial charge in [-0.15, -0.1) is 0 Å². The number of carbonyl (C=O) groups is 3. The average molecular weight is 482 g/mol. The third-order valence-electron chi connectivity index (χ3n) is 5.13. The van der Waals surface area contributed by atoms with E-state index in [0.29, 0.717) is 29.2 Å². The minimum Gasteiger partial charge on any atom is -0.494 e. The number of carbonyl (C=O) groups excluding carboxylic acids is 3. The molecule has 8 nitrogen and oxygen atoms in total. The molecule has 8 heteroatoms. The summed E-state index contributed by atoms with van der Waals surface area (Å²) >= 11 is 0. The van der Waals surface area contributed by atoms with Crippen LogP contribution in [0.4, 0.5) is 5.69 Å². The highest BCUT2D eigenvalue weighted by molar-refractivity contribution is 6.39. The van der Waals surface area contributed by atoms with Gasteiger partial charge in [0.2, 0.25) is 0 Å². The molecule has 0 aromatic heterocycles. The molecular weight excluding hydrogens is 458 g/mol. The number of hydrazone groups is 1. The summed E-state index contributed by atoms with van der Waals surface area (Å²) < 4.78 is 11.0. The molecule has 0 bridgehead atoms. The van der Waals surface area contributed by atoms with Gasteiger partial charge in [0.1, 0.15) is 11.5 Å². The van der Waals surface area contributed by atoms with Crippen molar-refractivity contribution in [1.82, 2.24) is 5.43 Å². The Morgan fingerprint density at radius 1 is 0.833 bits per heavy atom. The Morgan fingerprint density at radius 3 is 2.31 bits per heavy atom. The van der Waals surface area contributed by atoms with Gasteiger partial charge in [0.15, 0.2) is 0 Å². The Kier molecular flexibility index (Phi) is 7.67. The van der Waals surface area contributed by atoms with E-state index in [4.69, 9.17) is 9.47 Å². The van der Waals surface area contributed by atoms with Crippen LogP contribution in [0.1, 0.15) is 22.8 Å².